The minimum absolute atomic E-state index is 0.138. The molecular weight excluding hydrogens is 316 g/mol. The maximum absolute atomic E-state index is 11.8. The highest BCUT2D eigenvalue weighted by atomic mass is 79.9. The van der Waals surface area contributed by atoms with Crippen molar-refractivity contribution in [2.24, 2.45) is 0 Å². The number of nitrogens with zero attached hydrogens (tertiary/aromatic N) is 2. The van der Waals surface area contributed by atoms with Gasteiger partial charge in [0, 0.05) is 34.9 Å². The summed E-state index contributed by atoms with van der Waals surface area (Å²) in [5.74, 6) is 0.138. The second-order valence-electron chi connectivity index (χ2n) is 5.33. The fourth-order valence-corrected chi connectivity index (χ4v) is 3.41. The van der Waals surface area contributed by atoms with Gasteiger partial charge in [0.2, 0.25) is 0 Å². The molecule has 20 heavy (non-hydrogen) atoms. The Morgan fingerprint density at radius 3 is 2.70 bits per heavy atom. The second kappa shape index (κ2) is 6.72. The molecule has 1 atom stereocenters. The highest BCUT2D eigenvalue weighted by Crippen LogP contribution is 2.29. The minimum Gasteiger partial charge on any atom is -0.369 e. The molecule has 0 radical (unpaired) electrons. The highest BCUT2D eigenvalue weighted by molar-refractivity contribution is 9.10. The van der Waals surface area contributed by atoms with Gasteiger partial charge in [0.05, 0.1) is 0 Å². The smallest absolute Gasteiger partial charge is 0.161 e. The van der Waals surface area contributed by atoms with Gasteiger partial charge in [0.15, 0.2) is 5.78 Å². The lowest BCUT2D eigenvalue weighted by Gasteiger charge is -2.27. The molecule has 3 nitrogen and oxygen atoms in total. The zero-order valence-corrected chi connectivity index (χ0v) is 14.1. The summed E-state index contributed by atoms with van der Waals surface area (Å²) in [5.41, 5.74) is 1.90. The summed E-state index contributed by atoms with van der Waals surface area (Å²) in [5, 5.41) is 0. The Morgan fingerprint density at radius 1 is 1.40 bits per heavy atom. The van der Waals surface area contributed by atoms with Crippen LogP contribution in [0.15, 0.2) is 22.7 Å². The van der Waals surface area contributed by atoms with E-state index in [0.29, 0.717) is 6.04 Å². The first kappa shape index (κ1) is 15.5. The van der Waals surface area contributed by atoms with Gasteiger partial charge < -0.3 is 4.90 Å². The Balaban J connectivity index is 2.21. The zero-order valence-electron chi connectivity index (χ0n) is 12.5. The van der Waals surface area contributed by atoms with E-state index in [1.807, 2.05) is 12.1 Å². The Hall–Kier alpha value is -0.870. The van der Waals surface area contributed by atoms with Crippen molar-refractivity contribution < 1.29 is 4.79 Å². The maximum atomic E-state index is 11.8. The molecule has 0 aliphatic carbocycles. The summed E-state index contributed by atoms with van der Waals surface area (Å²) in [7, 11) is 0. The van der Waals surface area contributed by atoms with E-state index >= 15 is 0 Å². The monoisotopic (exact) mass is 338 g/mol. The van der Waals surface area contributed by atoms with Crippen molar-refractivity contribution in [2.45, 2.75) is 33.2 Å². The summed E-state index contributed by atoms with van der Waals surface area (Å²) in [6.45, 7) is 10.3. The van der Waals surface area contributed by atoms with Gasteiger partial charge in [-0.05, 0) is 44.6 Å². The van der Waals surface area contributed by atoms with Gasteiger partial charge in [-0.15, -0.1) is 0 Å². The molecule has 1 aliphatic heterocycles. The summed E-state index contributed by atoms with van der Waals surface area (Å²) in [4.78, 5) is 16.7. The number of ketones is 1. The van der Waals surface area contributed by atoms with Crippen LogP contribution in [-0.2, 0) is 0 Å². The third-order valence-corrected chi connectivity index (χ3v) is 4.67. The Labute approximate surface area is 130 Å². The van der Waals surface area contributed by atoms with Crippen LogP contribution in [0.1, 0.15) is 37.6 Å². The number of halogens is 1. The standard InChI is InChI=1S/C16H23BrN2O/c1-4-18(5-2)14-8-9-19(11-14)16-10-13(17)6-7-15(16)12(3)20/h6-7,10,14H,4-5,8-9,11H2,1-3H3. The molecule has 1 fully saturated rings. The number of hydrogen-bond acceptors (Lipinski definition) is 3. The van der Waals surface area contributed by atoms with Crippen molar-refractivity contribution in [3.8, 4) is 0 Å². The molecule has 0 amide bonds. The van der Waals surface area contributed by atoms with Gasteiger partial charge in [-0.25, -0.2) is 0 Å². The fourth-order valence-electron chi connectivity index (χ4n) is 3.06. The van der Waals surface area contributed by atoms with Crippen molar-refractivity contribution in [3.63, 3.8) is 0 Å². The molecule has 1 heterocycles. The molecule has 0 saturated carbocycles. The molecule has 4 heteroatoms. The third-order valence-electron chi connectivity index (χ3n) is 4.17. The number of hydrogen-bond donors (Lipinski definition) is 0. The molecule has 1 aromatic carbocycles. The molecule has 0 bridgehead atoms. The largest absolute Gasteiger partial charge is 0.369 e. The lowest BCUT2D eigenvalue weighted by Crippen LogP contribution is -2.37. The van der Waals surface area contributed by atoms with Crippen LogP contribution >= 0.6 is 15.9 Å². The molecule has 1 unspecified atom stereocenters. The predicted molar refractivity (Wildman–Crippen MR) is 87.7 cm³/mol. The SMILES string of the molecule is CCN(CC)C1CCN(c2cc(Br)ccc2C(C)=O)C1. The molecule has 1 saturated heterocycles. The van der Waals surface area contributed by atoms with Gasteiger partial charge in [0.25, 0.3) is 0 Å². The molecule has 0 spiro atoms. The lowest BCUT2D eigenvalue weighted by molar-refractivity contribution is 0.101. The number of carbonyl (C=O) groups is 1. The quantitative estimate of drug-likeness (QED) is 0.766. The minimum atomic E-state index is 0.138. The molecule has 0 N–H and O–H groups in total. The Kier molecular flexibility index (Phi) is 5.22. The number of rotatable bonds is 5. The summed E-state index contributed by atoms with van der Waals surface area (Å²) in [6.07, 6.45) is 1.17. The van der Waals surface area contributed by atoms with Crippen LogP contribution in [0.3, 0.4) is 0 Å². The average Bonchev–Trinajstić information content (AvgIpc) is 2.89. The van der Waals surface area contributed by atoms with Crippen molar-refractivity contribution >= 4 is 27.4 Å². The van der Waals surface area contributed by atoms with Crippen LogP contribution in [-0.4, -0.2) is 42.9 Å². The first-order valence-electron chi connectivity index (χ1n) is 7.36. The third kappa shape index (κ3) is 3.23. The van der Waals surface area contributed by atoms with Crippen LogP contribution in [0.5, 0.6) is 0 Å². The van der Waals surface area contributed by atoms with Gasteiger partial charge in [-0.1, -0.05) is 29.8 Å². The van der Waals surface area contributed by atoms with E-state index in [1.54, 1.807) is 6.92 Å². The Bertz CT molecular complexity index is 485. The van der Waals surface area contributed by atoms with E-state index in [-0.39, 0.29) is 5.78 Å². The topological polar surface area (TPSA) is 23.6 Å². The van der Waals surface area contributed by atoms with Crippen LogP contribution in [0.25, 0.3) is 0 Å². The van der Waals surface area contributed by atoms with E-state index < -0.39 is 0 Å². The fraction of sp³-hybridized carbons (Fsp3) is 0.562. The molecular formula is C16H23BrN2O. The molecule has 1 aliphatic rings. The van der Waals surface area contributed by atoms with Crippen LogP contribution in [0.4, 0.5) is 5.69 Å². The van der Waals surface area contributed by atoms with E-state index in [1.165, 1.54) is 6.42 Å². The number of carbonyl (C=O) groups excluding carboxylic acids is 1. The predicted octanol–water partition coefficient (Wildman–Crippen LogP) is 3.57. The average molecular weight is 339 g/mol. The first-order valence-corrected chi connectivity index (χ1v) is 8.15. The normalized spacial score (nSPS) is 18.9. The van der Waals surface area contributed by atoms with Gasteiger partial charge in [-0.3, -0.25) is 9.69 Å². The molecule has 110 valence electrons. The maximum Gasteiger partial charge on any atom is 0.161 e. The van der Waals surface area contributed by atoms with Crippen molar-refractivity contribution in [1.29, 1.82) is 0 Å². The van der Waals surface area contributed by atoms with Gasteiger partial charge in [-0.2, -0.15) is 0 Å². The number of likely N-dealkylation sites (N-methyl/N-ethyl adjacent to an activating group) is 1. The summed E-state index contributed by atoms with van der Waals surface area (Å²) in [6, 6.07) is 6.54. The van der Waals surface area contributed by atoms with Crippen molar-refractivity contribution in [1.82, 2.24) is 4.90 Å². The van der Waals surface area contributed by atoms with E-state index in [0.717, 1.165) is 41.9 Å². The van der Waals surface area contributed by atoms with Crippen LogP contribution in [0, 0.1) is 0 Å². The van der Waals surface area contributed by atoms with Crippen LogP contribution in [0.2, 0.25) is 0 Å². The molecule has 2 rings (SSSR count). The zero-order chi connectivity index (χ0) is 14.7. The van der Waals surface area contributed by atoms with E-state index in [4.69, 9.17) is 0 Å². The van der Waals surface area contributed by atoms with Gasteiger partial charge in [0.1, 0.15) is 0 Å². The second-order valence-corrected chi connectivity index (χ2v) is 6.24. The Morgan fingerprint density at radius 2 is 2.10 bits per heavy atom. The molecule has 0 aromatic heterocycles. The molecule has 1 aromatic rings. The number of Topliss-reactive ketones (excluding diaryl/α,β-unsaturated/α-hetero) is 1. The van der Waals surface area contributed by atoms with E-state index in [9.17, 15) is 4.79 Å². The van der Waals surface area contributed by atoms with E-state index in [2.05, 4.69) is 45.6 Å². The first-order chi connectivity index (χ1) is 9.56. The summed E-state index contributed by atoms with van der Waals surface area (Å²) >= 11 is 3.52. The lowest BCUT2D eigenvalue weighted by atomic mass is 10.1. The van der Waals surface area contributed by atoms with Crippen molar-refractivity contribution in [3.05, 3.63) is 28.2 Å². The van der Waals surface area contributed by atoms with Crippen LogP contribution < -0.4 is 4.90 Å². The van der Waals surface area contributed by atoms with Crippen molar-refractivity contribution in [2.75, 3.05) is 31.1 Å². The number of benzene rings is 1. The summed E-state index contributed by atoms with van der Waals surface area (Å²) < 4.78 is 1.03. The number of anilines is 1. The van der Waals surface area contributed by atoms with Gasteiger partial charge >= 0.3 is 0 Å². The highest BCUT2D eigenvalue weighted by Gasteiger charge is 2.28.